The summed E-state index contributed by atoms with van der Waals surface area (Å²) in [5.74, 6) is 0.0933. The van der Waals surface area contributed by atoms with Crippen LogP contribution in [0.2, 0.25) is 0 Å². The SMILES string of the molecule is O=C(Cc1ccc(O)cc1)Nc1cccc(CCCO)c1. The number of aromatic hydroxyl groups is 1. The Kier molecular flexibility index (Phi) is 5.35. The van der Waals surface area contributed by atoms with Crippen molar-refractivity contribution in [2.24, 2.45) is 0 Å². The summed E-state index contributed by atoms with van der Waals surface area (Å²) in [4.78, 5) is 12.0. The van der Waals surface area contributed by atoms with E-state index in [-0.39, 0.29) is 24.7 Å². The predicted molar refractivity (Wildman–Crippen MR) is 82.3 cm³/mol. The predicted octanol–water partition coefficient (Wildman–Crippen LogP) is 2.50. The van der Waals surface area contributed by atoms with Crippen molar-refractivity contribution in [1.82, 2.24) is 0 Å². The highest BCUT2D eigenvalue weighted by Gasteiger charge is 2.05. The molecule has 0 saturated heterocycles. The molecular weight excluding hydrogens is 266 g/mol. The van der Waals surface area contributed by atoms with Crippen LogP contribution in [0.15, 0.2) is 48.5 Å². The van der Waals surface area contributed by atoms with E-state index in [4.69, 9.17) is 5.11 Å². The number of rotatable bonds is 6. The van der Waals surface area contributed by atoms with E-state index in [0.717, 1.165) is 23.2 Å². The molecule has 1 amide bonds. The number of hydrogen-bond donors (Lipinski definition) is 3. The largest absolute Gasteiger partial charge is 0.508 e. The highest BCUT2D eigenvalue weighted by molar-refractivity contribution is 5.92. The summed E-state index contributed by atoms with van der Waals surface area (Å²) in [6.07, 6.45) is 1.77. The van der Waals surface area contributed by atoms with E-state index in [9.17, 15) is 9.90 Å². The van der Waals surface area contributed by atoms with Gasteiger partial charge in [0.2, 0.25) is 5.91 Å². The average molecular weight is 285 g/mol. The van der Waals surface area contributed by atoms with Gasteiger partial charge in [0.1, 0.15) is 5.75 Å². The molecule has 0 aromatic heterocycles. The van der Waals surface area contributed by atoms with Crippen LogP contribution >= 0.6 is 0 Å². The highest BCUT2D eigenvalue weighted by atomic mass is 16.3. The molecule has 0 saturated carbocycles. The zero-order valence-electron chi connectivity index (χ0n) is 11.7. The van der Waals surface area contributed by atoms with Gasteiger partial charge in [0.05, 0.1) is 6.42 Å². The molecule has 0 fully saturated rings. The molecule has 2 rings (SSSR count). The Morgan fingerprint density at radius 2 is 1.81 bits per heavy atom. The maximum Gasteiger partial charge on any atom is 0.228 e. The Morgan fingerprint density at radius 1 is 1.05 bits per heavy atom. The summed E-state index contributed by atoms with van der Waals surface area (Å²) in [6.45, 7) is 0.164. The van der Waals surface area contributed by atoms with Crippen LogP contribution in [0.3, 0.4) is 0 Å². The molecule has 110 valence electrons. The number of amides is 1. The second-order valence-electron chi connectivity index (χ2n) is 4.92. The van der Waals surface area contributed by atoms with Gasteiger partial charge in [-0.15, -0.1) is 0 Å². The number of nitrogens with one attached hydrogen (secondary N) is 1. The number of phenolic OH excluding ortho intramolecular Hbond substituents is 1. The van der Waals surface area contributed by atoms with Crippen molar-refractivity contribution < 1.29 is 15.0 Å². The molecule has 0 atom stereocenters. The minimum atomic E-state index is -0.0972. The molecule has 4 nitrogen and oxygen atoms in total. The van der Waals surface area contributed by atoms with Crippen molar-refractivity contribution in [2.75, 3.05) is 11.9 Å². The van der Waals surface area contributed by atoms with Crippen LogP contribution in [0, 0.1) is 0 Å². The third-order valence-corrected chi connectivity index (χ3v) is 3.14. The third kappa shape index (κ3) is 4.93. The quantitative estimate of drug-likeness (QED) is 0.763. The van der Waals surface area contributed by atoms with Gasteiger partial charge in [-0.1, -0.05) is 24.3 Å². The van der Waals surface area contributed by atoms with Gasteiger partial charge in [-0.05, 0) is 48.2 Å². The maximum absolute atomic E-state index is 12.0. The Balaban J connectivity index is 1.94. The van der Waals surface area contributed by atoms with E-state index in [2.05, 4.69) is 5.32 Å². The molecule has 0 bridgehead atoms. The van der Waals surface area contributed by atoms with E-state index in [0.29, 0.717) is 6.42 Å². The van der Waals surface area contributed by atoms with Gasteiger partial charge in [-0.25, -0.2) is 0 Å². The van der Waals surface area contributed by atoms with Crippen molar-refractivity contribution in [3.8, 4) is 5.75 Å². The summed E-state index contributed by atoms with van der Waals surface area (Å²) in [5, 5.41) is 20.9. The minimum absolute atomic E-state index is 0.0972. The topological polar surface area (TPSA) is 69.6 Å². The van der Waals surface area contributed by atoms with Gasteiger partial charge >= 0.3 is 0 Å². The van der Waals surface area contributed by atoms with Crippen molar-refractivity contribution in [2.45, 2.75) is 19.3 Å². The summed E-state index contributed by atoms with van der Waals surface area (Å²) in [5.41, 5.74) is 2.70. The van der Waals surface area contributed by atoms with Crippen LogP contribution in [-0.4, -0.2) is 22.7 Å². The monoisotopic (exact) mass is 285 g/mol. The van der Waals surface area contributed by atoms with Gasteiger partial charge < -0.3 is 15.5 Å². The number of benzene rings is 2. The lowest BCUT2D eigenvalue weighted by atomic mass is 10.1. The number of anilines is 1. The molecule has 0 unspecified atom stereocenters. The number of carbonyl (C=O) groups excluding carboxylic acids is 1. The molecule has 3 N–H and O–H groups in total. The second-order valence-corrected chi connectivity index (χ2v) is 4.92. The Hall–Kier alpha value is -2.33. The molecule has 21 heavy (non-hydrogen) atoms. The highest BCUT2D eigenvalue weighted by Crippen LogP contribution is 2.14. The Bertz CT molecular complexity index is 593. The van der Waals surface area contributed by atoms with Gasteiger partial charge in [0, 0.05) is 12.3 Å². The van der Waals surface area contributed by atoms with Crippen LogP contribution < -0.4 is 5.32 Å². The summed E-state index contributed by atoms with van der Waals surface area (Å²) in [7, 11) is 0. The number of carbonyl (C=O) groups is 1. The molecule has 0 aliphatic rings. The van der Waals surface area contributed by atoms with Crippen LogP contribution in [0.4, 0.5) is 5.69 Å². The Morgan fingerprint density at radius 3 is 2.52 bits per heavy atom. The molecule has 2 aromatic rings. The van der Waals surface area contributed by atoms with E-state index in [1.54, 1.807) is 24.3 Å². The fourth-order valence-electron chi connectivity index (χ4n) is 2.09. The van der Waals surface area contributed by atoms with Crippen molar-refractivity contribution in [3.63, 3.8) is 0 Å². The van der Waals surface area contributed by atoms with E-state index >= 15 is 0 Å². The average Bonchev–Trinajstić information content (AvgIpc) is 2.48. The van der Waals surface area contributed by atoms with E-state index in [1.165, 1.54) is 0 Å². The number of phenols is 1. The van der Waals surface area contributed by atoms with Gasteiger partial charge in [-0.2, -0.15) is 0 Å². The smallest absolute Gasteiger partial charge is 0.228 e. The van der Waals surface area contributed by atoms with Gasteiger partial charge in [-0.3, -0.25) is 4.79 Å². The fourth-order valence-corrected chi connectivity index (χ4v) is 2.09. The lowest BCUT2D eigenvalue weighted by Gasteiger charge is -2.07. The Labute approximate surface area is 124 Å². The summed E-state index contributed by atoms with van der Waals surface area (Å²) in [6, 6.07) is 14.2. The van der Waals surface area contributed by atoms with Crippen molar-refractivity contribution in [3.05, 3.63) is 59.7 Å². The van der Waals surface area contributed by atoms with Crippen LogP contribution in [0.5, 0.6) is 5.75 Å². The number of hydrogen-bond acceptors (Lipinski definition) is 3. The van der Waals surface area contributed by atoms with Crippen LogP contribution in [-0.2, 0) is 17.6 Å². The lowest BCUT2D eigenvalue weighted by Crippen LogP contribution is -2.14. The zero-order valence-corrected chi connectivity index (χ0v) is 11.7. The number of aliphatic hydroxyl groups excluding tert-OH is 1. The lowest BCUT2D eigenvalue weighted by molar-refractivity contribution is -0.115. The van der Waals surface area contributed by atoms with Crippen molar-refractivity contribution >= 4 is 11.6 Å². The van der Waals surface area contributed by atoms with Gasteiger partial charge in [0.15, 0.2) is 0 Å². The van der Waals surface area contributed by atoms with Crippen LogP contribution in [0.25, 0.3) is 0 Å². The summed E-state index contributed by atoms with van der Waals surface area (Å²) < 4.78 is 0. The maximum atomic E-state index is 12.0. The zero-order chi connectivity index (χ0) is 15.1. The van der Waals surface area contributed by atoms with Crippen LogP contribution in [0.1, 0.15) is 17.5 Å². The van der Waals surface area contributed by atoms with E-state index in [1.807, 2.05) is 24.3 Å². The standard InChI is InChI=1S/C17H19NO3/c19-10-2-4-13-3-1-5-15(11-13)18-17(21)12-14-6-8-16(20)9-7-14/h1,3,5-9,11,19-20H,2,4,10,12H2,(H,18,21). The van der Waals surface area contributed by atoms with E-state index < -0.39 is 0 Å². The molecule has 0 spiro atoms. The number of aryl methyl sites for hydroxylation is 1. The minimum Gasteiger partial charge on any atom is -0.508 e. The first-order chi connectivity index (χ1) is 10.2. The second kappa shape index (κ2) is 7.45. The molecule has 0 heterocycles. The van der Waals surface area contributed by atoms with Gasteiger partial charge in [0.25, 0.3) is 0 Å². The molecule has 2 aromatic carbocycles. The number of aliphatic hydroxyl groups is 1. The summed E-state index contributed by atoms with van der Waals surface area (Å²) >= 11 is 0. The molecule has 4 heteroatoms. The molecule has 0 radical (unpaired) electrons. The van der Waals surface area contributed by atoms with Crippen molar-refractivity contribution in [1.29, 1.82) is 0 Å². The normalized spacial score (nSPS) is 10.3. The first kappa shape index (κ1) is 15.1. The molecular formula is C17H19NO3. The molecule has 0 aliphatic heterocycles. The molecule has 0 aliphatic carbocycles. The first-order valence-corrected chi connectivity index (χ1v) is 6.95. The third-order valence-electron chi connectivity index (χ3n) is 3.14. The first-order valence-electron chi connectivity index (χ1n) is 6.95. The fraction of sp³-hybridized carbons (Fsp3) is 0.235.